The van der Waals surface area contributed by atoms with E-state index in [1.165, 1.54) is 0 Å². The van der Waals surface area contributed by atoms with Crippen LogP contribution in [0.1, 0.15) is 10.5 Å². The lowest BCUT2D eigenvalue weighted by Crippen LogP contribution is -2.36. The molecule has 0 atom stereocenters. The molecule has 0 aliphatic carbocycles. The van der Waals surface area contributed by atoms with Crippen molar-refractivity contribution >= 4 is 33.2 Å². The molecule has 0 bridgehead atoms. The first-order chi connectivity index (χ1) is 14.1. The first-order valence-corrected chi connectivity index (χ1v) is 10.1. The highest BCUT2D eigenvalue weighted by atomic mass is 79.9. The normalized spacial score (nSPS) is 13.9. The Morgan fingerprint density at radius 2 is 1.90 bits per heavy atom. The van der Waals surface area contributed by atoms with Crippen LogP contribution in [0.3, 0.4) is 0 Å². The van der Waals surface area contributed by atoms with Crippen LogP contribution in [0.25, 0.3) is 5.69 Å². The number of ether oxygens (including phenoxy) is 2. The Hall–Kier alpha value is -2.84. The van der Waals surface area contributed by atoms with Gasteiger partial charge in [-0.2, -0.15) is 5.10 Å². The van der Waals surface area contributed by atoms with Crippen LogP contribution in [0.5, 0.6) is 5.75 Å². The van der Waals surface area contributed by atoms with Gasteiger partial charge in [0.1, 0.15) is 5.75 Å². The van der Waals surface area contributed by atoms with Crippen LogP contribution in [0.15, 0.2) is 59.2 Å². The van der Waals surface area contributed by atoms with Gasteiger partial charge in [-0.15, -0.1) is 0 Å². The van der Waals surface area contributed by atoms with E-state index in [1.54, 1.807) is 24.1 Å². The molecule has 2 aromatic carbocycles. The Morgan fingerprint density at radius 3 is 2.62 bits per heavy atom. The third-order valence-corrected chi connectivity index (χ3v) is 5.21. The Kier molecular flexibility index (Phi) is 5.82. The fourth-order valence-electron chi connectivity index (χ4n) is 3.20. The topological polar surface area (TPSA) is 68.6 Å². The molecule has 0 saturated carbocycles. The van der Waals surface area contributed by atoms with E-state index in [-0.39, 0.29) is 5.91 Å². The number of amides is 1. The molecule has 7 nitrogen and oxygen atoms in total. The Bertz CT molecular complexity index is 997. The van der Waals surface area contributed by atoms with Crippen molar-refractivity contribution in [3.05, 3.63) is 64.9 Å². The number of carbonyl (C=O) groups excluding carboxylic acids is 1. The maximum atomic E-state index is 12.8. The molecule has 1 aromatic heterocycles. The van der Waals surface area contributed by atoms with E-state index in [1.807, 2.05) is 42.5 Å². The van der Waals surface area contributed by atoms with Gasteiger partial charge in [-0.1, -0.05) is 15.9 Å². The summed E-state index contributed by atoms with van der Waals surface area (Å²) in [6, 6.07) is 15.1. The monoisotopic (exact) mass is 456 g/mol. The van der Waals surface area contributed by atoms with Gasteiger partial charge in [0.15, 0.2) is 5.69 Å². The van der Waals surface area contributed by atoms with Gasteiger partial charge >= 0.3 is 0 Å². The highest BCUT2D eigenvalue weighted by Gasteiger charge is 2.18. The van der Waals surface area contributed by atoms with Crippen molar-refractivity contribution in [1.29, 1.82) is 0 Å². The maximum absolute atomic E-state index is 12.8. The second kappa shape index (κ2) is 8.67. The number of carbonyl (C=O) groups is 1. The van der Waals surface area contributed by atoms with E-state index in [2.05, 4.69) is 31.2 Å². The number of rotatable bonds is 5. The molecule has 3 aromatic rings. The second-order valence-corrected chi connectivity index (χ2v) is 7.47. The first-order valence-electron chi connectivity index (χ1n) is 9.28. The van der Waals surface area contributed by atoms with E-state index in [0.717, 1.165) is 40.4 Å². The van der Waals surface area contributed by atoms with Crippen LogP contribution < -0.4 is 15.0 Å². The summed E-state index contributed by atoms with van der Waals surface area (Å²) in [4.78, 5) is 15.0. The zero-order chi connectivity index (χ0) is 20.2. The lowest BCUT2D eigenvalue weighted by molar-refractivity contribution is 0.102. The van der Waals surface area contributed by atoms with Gasteiger partial charge in [0, 0.05) is 23.8 Å². The second-order valence-electron chi connectivity index (χ2n) is 6.56. The fraction of sp³-hybridized carbons (Fsp3) is 0.238. The van der Waals surface area contributed by atoms with E-state index in [0.29, 0.717) is 18.9 Å². The molecule has 0 radical (unpaired) electrons. The lowest BCUT2D eigenvalue weighted by atomic mass is 10.2. The minimum Gasteiger partial charge on any atom is -0.497 e. The van der Waals surface area contributed by atoms with Crippen molar-refractivity contribution in [2.24, 2.45) is 0 Å². The number of hydrogen-bond acceptors (Lipinski definition) is 5. The van der Waals surface area contributed by atoms with Crippen molar-refractivity contribution < 1.29 is 14.3 Å². The number of nitrogens with zero attached hydrogens (tertiary/aromatic N) is 3. The summed E-state index contributed by atoms with van der Waals surface area (Å²) in [5.41, 5.74) is 2.90. The van der Waals surface area contributed by atoms with Crippen LogP contribution in [0, 0.1) is 0 Å². The van der Waals surface area contributed by atoms with Crippen molar-refractivity contribution in [3.8, 4) is 11.4 Å². The summed E-state index contributed by atoms with van der Waals surface area (Å²) in [6.45, 7) is 2.93. The molecular formula is C21H21BrN4O3. The van der Waals surface area contributed by atoms with E-state index in [4.69, 9.17) is 9.47 Å². The Balaban J connectivity index is 1.54. The fourth-order valence-corrected chi connectivity index (χ4v) is 3.56. The van der Waals surface area contributed by atoms with E-state index >= 15 is 0 Å². The number of nitrogens with one attached hydrogen (secondary N) is 1. The number of morpholine rings is 1. The summed E-state index contributed by atoms with van der Waals surface area (Å²) < 4.78 is 13.2. The van der Waals surface area contributed by atoms with Gasteiger partial charge in [-0.05, 0) is 48.5 Å². The van der Waals surface area contributed by atoms with Crippen molar-refractivity contribution in [3.63, 3.8) is 0 Å². The van der Waals surface area contributed by atoms with Gasteiger partial charge in [0.05, 0.1) is 37.4 Å². The summed E-state index contributed by atoms with van der Waals surface area (Å²) in [6.07, 6.45) is 1.76. The molecule has 150 valence electrons. The standard InChI is InChI=1S/C21H21BrN4O3/c1-28-17-5-3-16(4-6-17)26-9-8-18(24-26)21(27)23-19-14-15(22)2-7-20(19)25-10-12-29-13-11-25/h2-9,14H,10-13H2,1H3,(H,23,27). The highest BCUT2D eigenvalue weighted by Crippen LogP contribution is 2.30. The number of hydrogen-bond donors (Lipinski definition) is 1. The predicted octanol–water partition coefficient (Wildman–Crippen LogP) is 3.73. The van der Waals surface area contributed by atoms with Gasteiger partial charge in [0.25, 0.3) is 5.91 Å². The summed E-state index contributed by atoms with van der Waals surface area (Å²) in [7, 11) is 1.62. The van der Waals surface area contributed by atoms with Crippen molar-refractivity contribution in [2.75, 3.05) is 43.6 Å². The van der Waals surface area contributed by atoms with Crippen LogP contribution in [-0.2, 0) is 4.74 Å². The average Bonchev–Trinajstić information content (AvgIpc) is 3.25. The number of benzene rings is 2. The molecule has 1 fully saturated rings. The van der Waals surface area contributed by atoms with E-state index in [9.17, 15) is 4.79 Å². The van der Waals surface area contributed by atoms with Gasteiger partial charge in [-0.25, -0.2) is 4.68 Å². The third kappa shape index (κ3) is 4.44. The largest absolute Gasteiger partial charge is 0.497 e. The van der Waals surface area contributed by atoms with Crippen LogP contribution in [0.2, 0.25) is 0 Å². The summed E-state index contributed by atoms with van der Waals surface area (Å²) in [5, 5.41) is 7.42. The molecule has 4 rings (SSSR count). The van der Waals surface area contributed by atoms with Crippen LogP contribution >= 0.6 is 15.9 Å². The molecule has 0 spiro atoms. The minimum absolute atomic E-state index is 0.259. The minimum atomic E-state index is -0.259. The van der Waals surface area contributed by atoms with Gasteiger partial charge in [-0.3, -0.25) is 4.79 Å². The molecule has 1 N–H and O–H groups in total. The zero-order valence-electron chi connectivity index (χ0n) is 16.0. The smallest absolute Gasteiger partial charge is 0.276 e. The number of aromatic nitrogens is 2. The Labute approximate surface area is 177 Å². The first kappa shape index (κ1) is 19.5. The average molecular weight is 457 g/mol. The molecule has 1 aliphatic rings. The highest BCUT2D eigenvalue weighted by molar-refractivity contribution is 9.10. The van der Waals surface area contributed by atoms with Gasteiger partial charge < -0.3 is 19.7 Å². The van der Waals surface area contributed by atoms with Crippen molar-refractivity contribution in [1.82, 2.24) is 9.78 Å². The predicted molar refractivity (Wildman–Crippen MR) is 115 cm³/mol. The quantitative estimate of drug-likeness (QED) is 0.633. The number of methoxy groups -OCH3 is 1. The van der Waals surface area contributed by atoms with E-state index < -0.39 is 0 Å². The molecule has 8 heteroatoms. The van der Waals surface area contributed by atoms with Gasteiger partial charge in [0.2, 0.25) is 0 Å². The molecule has 0 unspecified atom stereocenters. The van der Waals surface area contributed by atoms with Crippen LogP contribution in [-0.4, -0.2) is 49.1 Å². The zero-order valence-corrected chi connectivity index (χ0v) is 17.6. The lowest BCUT2D eigenvalue weighted by Gasteiger charge is -2.30. The molecule has 1 aliphatic heterocycles. The SMILES string of the molecule is COc1ccc(-n2ccc(C(=O)Nc3cc(Br)ccc3N3CCOCC3)n2)cc1. The van der Waals surface area contributed by atoms with Crippen LogP contribution in [0.4, 0.5) is 11.4 Å². The summed E-state index contributed by atoms with van der Waals surface area (Å²) in [5.74, 6) is 0.508. The number of anilines is 2. The molecule has 29 heavy (non-hydrogen) atoms. The molecule has 1 amide bonds. The Morgan fingerprint density at radius 1 is 1.14 bits per heavy atom. The third-order valence-electron chi connectivity index (χ3n) is 4.72. The molecule has 2 heterocycles. The molecule has 1 saturated heterocycles. The molecular weight excluding hydrogens is 436 g/mol. The maximum Gasteiger partial charge on any atom is 0.276 e. The summed E-state index contributed by atoms with van der Waals surface area (Å²) >= 11 is 3.49. The number of halogens is 1. The van der Waals surface area contributed by atoms with Crippen molar-refractivity contribution in [2.45, 2.75) is 0 Å².